The van der Waals surface area contributed by atoms with Crippen LogP contribution in [0.4, 0.5) is 0 Å². The summed E-state index contributed by atoms with van der Waals surface area (Å²) < 4.78 is 5.59. The molecule has 1 aromatic carbocycles. The van der Waals surface area contributed by atoms with Crippen molar-refractivity contribution >= 4 is 5.91 Å². The smallest absolute Gasteiger partial charge is 0.257 e. The Balaban J connectivity index is 1.66. The quantitative estimate of drug-likeness (QED) is 0.908. The average Bonchev–Trinajstić information content (AvgIpc) is 3.06. The summed E-state index contributed by atoms with van der Waals surface area (Å²) >= 11 is 0. The van der Waals surface area contributed by atoms with E-state index >= 15 is 0 Å². The van der Waals surface area contributed by atoms with Gasteiger partial charge in [0, 0.05) is 45.3 Å². The number of ether oxygens (including phenoxy) is 1. The van der Waals surface area contributed by atoms with Crippen molar-refractivity contribution in [2.45, 2.75) is 19.4 Å². The number of likely N-dealkylation sites (tertiary alicyclic amines) is 1. The molecule has 1 atom stereocenters. The Hall–Kier alpha value is -1.59. The molecule has 2 heterocycles. The lowest BCUT2D eigenvalue weighted by Gasteiger charge is -2.32. The van der Waals surface area contributed by atoms with Crippen LogP contribution in [-0.4, -0.2) is 67.6 Å². The average molecular weight is 303 g/mol. The molecule has 120 valence electrons. The second-order valence-electron chi connectivity index (χ2n) is 5.91. The molecule has 1 N–H and O–H groups in total. The van der Waals surface area contributed by atoms with Crippen LogP contribution in [0.25, 0.3) is 0 Å². The van der Waals surface area contributed by atoms with E-state index in [0.717, 1.165) is 45.7 Å². The molecule has 0 spiro atoms. The highest BCUT2D eigenvalue weighted by Crippen LogP contribution is 2.23. The highest BCUT2D eigenvalue weighted by Gasteiger charge is 2.32. The minimum Gasteiger partial charge on any atom is -0.493 e. The molecule has 2 saturated heterocycles. The normalized spacial score (nSPS) is 22.8. The Morgan fingerprint density at radius 1 is 1.27 bits per heavy atom. The molecule has 1 unspecified atom stereocenters. The molecule has 5 heteroatoms. The van der Waals surface area contributed by atoms with Crippen LogP contribution in [0.1, 0.15) is 23.7 Å². The van der Waals surface area contributed by atoms with Crippen molar-refractivity contribution in [2.75, 3.05) is 45.9 Å². The lowest BCUT2D eigenvalue weighted by Crippen LogP contribution is -2.49. The Labute approximate surface area is 132 Å². The number of para-hydroxylation sites is 1. The zero-order valence-corrected chi connectivity index (χ0v) is 13.3. The van der Waals surface area contributed by atoms with Crippen LogP contribution in [0.15, 0.2) is 24.3 Å². The zero-order valence-electron chi connectivity index (χ0n) is 13.3. The third-order valence-electron chi connectivity index (χ3n) is 4.54. The van der Waals surface area contributed by atoms with Crippen molar-refractivity contribution in [3.8, 4) is 5.75 Å². The predicted octanol–water partition coefficient (Wildman–Crippen LogP) is 1.20. The van der Waals surface area contributed by atoms with Gasteiger partial charge in [-0.15, -0.1) is 0 Å². The van der Waals surface area contributed by atoms with Crippen LogP contribution in [0, 0.1) is 0 Å². The first-order valence-electron chi connectivity index (χ1n) is 8.25. The summed E-state index contributed by atoms with van der Waals surface area (Å²) in [6.45, 7) is 8.47. The molecular weight excluding hydrogens is 278 g/mol. The van der Waals surface area contributed by atoms with Crippen molar-refractivity contribution in [2.24, 2.45) is 0 Å². The van der Waals surface area contributed by atoms with Gasteiger partial charge in [0.05, 0.1) is 12.2 Å². The van der Waals surface area contributed by atoms with Gasteiger partial charge < -0.3 is 15.0 Å². The molecule has 1 aromatic rings. The fourth-order valence-corrected chi connectivity index (χ4v) is 3.37. The number of nitrogens with one attached hydrogen (secondary N) is 1. The summed E-state index contributed by atoms with van der Waals surface area (Å²) in [5.74, 6) is 0.794. The van der Waals surface area contributed by atoms with Crippen LogP contribution in [0.5, 0.6) is 5.75 Å². The van der Waals surface area contributed by atoms with E-state index in [2.05, 4.69) is 10.2 Å². The molecule has 0 bridgehead atoms. The highest BCUT2D eigenvalue weighted by atomic mass is 16.5. The van der Waals surface area contributed by atoms with Gasteiger partial charge in [-0.25, -0.2) is 0 Å². The van der Waals surface area contributed by atoms with E-state index in [-0.39, 0.29) is 5.91 Å². The first kappa shape index (κ1) is 15.3. The van der Waals surface area contributed by atoms with E-state index in [1.165, 1.54) is 0 Å². The summed E-state index contributed by atoms with van der Waals surface area (Å²) in [7, 11) is 0. The number of carbonyl (C=O) groups excluding carboxylic acids is 1. The molecule has 2 fully saturated rings. The van der Waals surface area contributed by atoms with Gasteiger partial charge in [0.2, 0.25) is 0 Å². The molecule has 22 heavy (non-hydrogen) atoms. The zero-order chi connectivity index (χ0) is 15.4. The number of rotatable bonds is 4. The molecular formula is C17H25N3O2. The molecule has 2 aliphatic heterocycles. The van der Waals surface area contributed by atoms with Gasteiger partial charge in [0.1, 0.15) is 5.75 Å². The third-order valence-corrected chi connectivity index (χ3v) is 4.54. The summed E-state index contributed by atoms with van der Waals surface area (Å²) in [6.07, 6.45) is 1.07. The summed E-state index contributed by atoms with van der Waals surface area (Å²) in [4.78, 5) is 17.3. The van der Waals surface area contributed by atoms with Crippen molar-refractivity contribution in [3.63, 3.8) is 0 Å². The summed E-state index contributed by atoms with van der Waals surface area (Å²) in [5.41, 5.74) is 0.685. The fourth-order valence-electron chi connectivity index (χ4n) is 3.37. The SMILES string of the molecule is CCOc1ccccc1C(=O)N1CCC(N2CCNCC2)C1. The maximum atomic E-state index is 12.8. The maximum Gasteiger partial charge on any atom is 0.257 e. The van der Waals surface area contributed by atoms with Crippen LogP contribution < -0.4 is 10.1 Å². The number of piperazine rings is 1. The number of nitrogens with zero attached hydrogens (tertiary/aromatic N) is 2. The number of amides is 1. The van der Waals surface area contributed by atoms with Gasteiger partial charge in [-0.3, -0.25) is 9.69 Å². The monoisotopic (exact) mass is 303 g/mol. The van der Waals surface area contributed by atoms with Gasteiger partial charge in [-0.1, -0.05) is 12.1 Å². The van der Waals surface area contributed by atoms with Crippen molar-refractivity contribution in [1.82, 2.24) is 15.1 Å². The molecule has 1 amide bonds. The standard InChI is InChI=1S/C17H25N3O2/c1-2-22-16-6-4-3-5-15(16)17(21)20-10-7-14(13-20)19-11-8-18-9-12-19/h3-6,14,18H,2,7-13H2,1H3. The second-order valence-corrected chi connectivity index (χ2v) is 5.91. The Morgan fingerprint density at radius 3 is 2.82 bits per heavy atom. The fraction of sp³-hybridized carbons (Fsp3) is 0.588. The Morgan fingerprint density at radius 2 is 2.05 bits per heavy atom. The van der Waals surface area contributed by atoms with Crippen LogP contribution in [0.2, 0.25) is 0 Å². The lowest BCUT2D eigenvalue weighted by atomic mass is 10.1. The van der Waals surface area contributed by atoms with E-state index in [0.29, 0.717) is 24.0 Å². The molecule has 0 aliphatic carbocycles. The number of carbonyl (C=O) groups is 1. The second kappa shape index (κ2) is 7.11. The van der Waals surface area contributed by atoms with E-state index in [4.69, 9.17) is 4.74 Å². The minimum absolute atomic E-state index is 0.0988. The lowest BCUT2D eigenvalue weighted by molar-refractivity contribution is 0.0769. The van der Waals surface area contributed by atoms with Gasteiger partial charge in [-0.2, -0.15) is 0 Å². The number of hydrogen-bond donors (Lipinski definition) is 1. The van der Waals surface area contributed by atoms with Gasteiger partial charge >= 0.3 is 0 Å². The number of benzene rings is 1. The summed E-state index contributed by atoms with van der Waals surface area (Å²) in [6, 6.07) is 8.06. The third kappa shape index (κ3) is 3.25. The molecule has 0 aromatic heterocycles. The van der Waals surface area contributed by atoms with E-state index in [1.807, 2.05) is 36.1 Å². The molecule has 0 radical (unpaired) electrons. The molecule has 5 nitrogen and oxygen atoms in total. The van der Waals surface area contributed by atoms with Gasteiger partial charge in [-0.05, 0) is 25.5 Å². The van der Waals surface area contributed by atoms with Crippen molar-refractivity contribution in [3.05, 3.63) is 29.8 Å². The number of hydrogen-bond acceptors (Lipinski definition) is 4. The minimum atomic E-state index is 0.0988. The first-order valence-corrected chi connectivity index (χ1v) is 8.25. The first-order chi connectivity index (χ1) is 10.8. The van der Waals surface area contributed by atoms with Crippen LogP contribution >= 0.6 is 0 Å². The van der Waals surface area contributed by atoms with E-state index in [9.17, 15) is 4.79 Å². The largest absolute Gasteiger partial charge is 0.493 e. The van der Waals surface area contributed by atoms with Gasteiger partial charge in [0.25, 0.3) is 5.91 Å². The van der Waals surface area contributed by atoms with Crippen molar-refractivity contribution in [1.29, 1.82) is 0 Å². The summed E-state index contributed by atoms with van der Waals surface area (Å²) in [5, 5.41) is 3.38. The van der Waals surface area contributed by atoms with E-state index in [1.54, 1.807) is 0 Å². The molecule has 2 aliphatic rings. The highest BCUT2D eigenvalue weighted by molar-refractivity contribution is 5.97. The Bertz CT molecular complexity index is 514. The predicted molar refractivity (Wildman–Crippen MR) is 86.4 cm³/mol. The van der Waals surface area contributed by atoms with Crippen LogP contribution in [-0.2, 0) is 0 Å². The van der Waals surface area contributed by atoms with Gasteiger partial charge in [0.15, 0.2) is 0 Å². The van der Waals surface area contributed by atoms with Crippen molar-refractivity contribution < 1.29 is 9.53 Å². The van der Waals surface area contributed by atoms with Crippen LogP contribution in [0.3, 0.4) is 0 Å². The topological polar surface area (TPSA) is 44.8 Å². The maximum absolute atomic E-state index is 12.8. The molecule has 3 rings (SSSR count). The molecule has 0 saturated carbocycles. The Kier molecular flexibility index (Phi) is 4.95. The van der Waals surface area contributed by atoms with E-state index < -0.39 is 0 Å².